The van der Waals surface area contributed by atoms with Gasteiger partial charge >= 0.3 is 5.97 Å². The van der Waals surface area contributed by atoms with Crippen LogP contribution in [-0.2, 0) is 27.9 Å². The summed E-state index contributed by atoms with van der Waals surface area (Å²) in [6.07, 6.45) is 39.4. The van der Waals surface area contributed by atoms with E-state index in [2.05, 4.69) is 74.6 Å². The lowest BCUT2D eigenvalue weighted by atomic mass is 10.1. The third kappa shape index (κ3) is 35.3. The summed E-state index contributed by atoms with van der Waals surface area (Å²) in [6.45, 7) is 5.05. The van der Waals surface area contributed by atoms with Crippen molar-refractivity contribution in [2.75, 3.05) is 54.1 Å². The van der Waals surface area contributed by atoms with Crippen molar-refractivity contribution in [3.05, 3.63) is 72.9 Å². The zero-order valence-electron chi connectivity index (χ0n) is 30.9. The lowest BCUT2D eigenvalue weighted by molar-refractivity contribution is -0.870. The van der Waals surface area contributed by atoms with Crippen molar-refractivity contribution in [1.82, 2.24) is 0 Å². The Morgan fingerprint density at radius 1 is 0.667 bits per heavy atom. The zero-order chi connectivity index (χ0) is 35.6. The number of likely N-dealkylation sites (N-methyl/N-ethyl adjacent to an activating group) is 1. The van der Waals surface area contributed by atoms with Gasteiger partial charge in [0, 0.05) is 6.61 Å². The second-order valence-corrected chi connectivity index (χ2v) is 14.3. The topological polar surface area (TPSA) is 94.1 Å². The molecule has 0 aromatic rings. The van der Waals surface area contributed by atoms with Gasteiger partial charge in [-0.05, 0) is 57.8 Å². The van der Waals surface area contributed by atoms with Gasteiger partial charge in [-0.1, -0.05) is 119 Å². The Labute approximate surface area is 293 Å². The van der Waals surface area contributed by atoms with E-state index in [1.54, 1.807) is 6.08 Å². The van der Waals surface area contributed by atoms with Crippen molar-refractivity contribution < 1.29 is 37.3 Å². The molecule has 2 unspecified atom stereocenters. The minimum atomic E-state index is -4.54. The average Bonchev–Trinajstić information content (AvgIpc) is 3.03. The fourth-order valence-corrected chi connectivity index (χ4v) is 4.94. The van der Waals surface area contributed by atoms with Crippen LogP contribution in [0.25, 0.3) is 0 Å². The molecule has 0 saturated carbocycles. The molecule has 0 spiro atoms. The molecule has 2 atom stereocenters. The van der Waals surface area contributed by atoms with E-state index >= 15 is 0 Å². The highest BCUT2D eigenvalue weighted by Crippen LogP contribution is 2.38. The van der Waals surface area contributed by atoms with Gasteiger partial charge in [-0.25, -0.2) is 0 Å². The normalized spacial score (nSPS) is 14.9. The van der Waals surface area contributed by atoms with E-state index in [4.69, 9.17) is 18.5 Å². The van der Waals surface area contributed by atoms with Gasteiger partial charge in [-0.3, -0.25) is 9.36 Å². The first kappa shape index (κ1) is 45.9. The highest BCUT2D eigenvalue weighted by atomic mass is 31.2. The van der Waals surface area contributed by atoms with Crippen LogP contribution in [-0.4, -0.2) is 70.7 Å². The zero-order valence-corrected chi connectivity index (χ0v) is 31.8. The van der Waals surface area contributed by atoms with Gasteiger partial charge in [-0.2, -0.15) is 0 Å². The fraction of sp³-hybridized carbons (Fsp3) is 0.667. The number of ether oxygens (including phenoxy) is 2. The van der Waals surface area contributed by atoms with Crippen LogP contribution in [0.1, 0.15) is 110 Å². The molecule has 0 aromatic carbocycles. The number of rotatable bonds is 32. The molecule has 0 aliphatic rings. The summed E-state index contributed by atoms with van der Waals surface area (Å²) in [4.78, 5) is 24.8. The highest BCUT2D eigenvalue weighted by Gasteiger charge is 2.20. The number of phosphoric ester groups is 1. The summed E-state index contributed by atoms with van der Waals surface area (Å²) in [6, 6.07) is 0. The molecule has 0 radical (unpaired) electrons. The van der Waals surface area contributed by atoms with Gasteiger partial charge in [0.05, 0.1) is 40.8 Å². The maximum atomic E-state index is 12.5. The molecule has 0 amide bonds. The summed E-state index contributed by atoms with van der Waals surface area (Å²) in [7, 11) is 1.28. The third-order valence-corrected chi connectivity index (χ3v) is 7.97. The molecule has 0 rings (SSSR count). The van der Waals surface area contributed by atoms with Crippen LogP contribution >= 0.6 is 7.82 Å². The third-order valence-electron chi connectivity index (χ3n) is 7.01. The van der Waals surface area contributed by atoms with Crippen molar-refractivity contribution in [2.45, 2.75) is 116 Å². The van der Waals surface area contributed by atoms with Crippen LogP contribution in [0.2, 0.25) is 0 Å². The largest absolute Gasteiger partial charge is 0.756 e. The molecule has 0 bridgehead atoms. The van der Waals surface area contributed by atoms with E-state index in [1.165, 1.54) is 25.7 Å². The van der Waals surface area contributed by atoms with Crippen LogP contribution in [0, 0.1) is 0 Å². The number of carbonyl (C=O) groups is 1. The number of phosphoric acid groups is 1. The Hall–Kier alpha value is -2.06. The summed E-state index contributed by atoms with van der Waals surface area (Å²) < 4.78 is 34.2. The highest BCUT2D eigenvalue weighted by molar-refractivity contribution is 7.45. The van der Waals surface area contributed by atoms with E-state index in [0.29, 0.717) is 24.1 Å². The van der Waals surface area contributed by atoms with Crippen molar-refractivity contribution in [3.8, 4) is 0 Å². The summed E-state index contributed by atoms with van der Waals surface area (Å²) in [5.41, 5.74) is 0. The first-order valence-electron chi connectivity index (χ1n) is 18.2. The molecule has 8 nitrogen and oxygen atoms in total. The number of allylic oxidation sites excluding steroid dienone is 11. The molecule has 276 valence electrons. The maximum Gasteiger partial charge on any atom is 0.310 e. The van der Waals surface area contributed by atoms with E-state index in [-0.39, 0.29) is 26.2 Å². The molecule has 0 aliphatic carbocycles. The monoisotopic (exact) mass is 693 g/mol. The van der Waals surface area contributed by atoms with Crippen LogP contribution in [0.15, 0.2) is 72.9 Å². The molecule has 0 fully saturated rings. The number of hydrogen-bond acceptors (Lipinski definition) is 7. The molecular formula is C39H68NO7P. The number of quaternary nitrogens is 1. The molecule has 48 heavy (non-hydrogen) atoms. The van der Waals surface area contributed by atoms with E-state index in [0.717, 1.165) is 57.8 Å². The Morgan fingerprint density at radius 3 is 1.79 bits per heavy atom. The second-order valence-electron chi connectivity index (χ2n) is 12.9. The van der Waals surface area contributed by atoms with Crippen LogP contribution in [0.5, 0.6) is 0 Å². The number of carbonyl (C=O) groups excluding carboxylic acids is 1. The standard InChI is InChI=1S/C39H68NO7P/c1-6-8-10-12-14-16-18-19-20-21-22-24-26-28-30-32-39(41)47-38(37-46-48(42,43)45-35-33-40(3,4)5)36-44-34-31-29-27-25-23-17-15-13-11-9-7-2/h8,10-11,13-14,16,19-20,22,24,28,30,38H,6-7,9,12,15,17-18,21,23,25-27,29,31-37H2,1-5H3/b10-8-,13-11-,16-14-,20-19-,24-22-,30-28-. The van der Waals surface area contributed by atoms with Crippen molar-refractivity contribution in [2.24, 2.45) is 0 Å². The van der Waals surface area contributed by atoms with E-state index in [9.17, 15) is 14.3 Å². The molecule has 0 heterocycles. The molecule has 0 aromatic heterocycles. The van der Waals surface area contributed by atoms with Gasteiger partial charge in [0.15, 0.2) is 0 Å². The van der Waals surface area contributed by atoms with Gasteiger partial charge < -0.3 is 27.9 Å². The van der Waals surface area contributed by atoms with E-state index < -0.39 is 19.9 Å². The van der Waals surface area contributed by atoms with Crippen LogP contribution in [0.3, 0.4) is 0 Å². The lowest BCUT2D eigenvalue weighted by Gasteiger charge is -2.28. The molecule has 0 N–H and O–H groups in total. The smallest absolute Gasteiger partial charge is 0.310 e. The van der Waals surface area contributed by atoms with E-state index in [1.807, 2.05) is 27.2 Å². The maximum absolute atomic E-state index is 12.5. The molecular weight excluding hydrogens is 625 g/mol. The van der Waals surface area contributed by atoms with Crippen LogP contribution < -0.4 is 4.89 Å². The van der Waals surface area contributed by atoms with Crippen LogP contribution in [0.4, 0.5) is 0 Å². The van der Waals surface area contributed by atoms with Gasteiger partial charge in [-0.15, -0.1) is 0 Å². The predicted octanol–water partition coefficient (Wildman–Crippen LogP) is 9.35. The second kappa shape index (κ2) is 32.2. The lowest BCUT2D eigenvalue weighted by Crippen LogP contribution is -2.37. The predicted molar refractivity (Wildman–Crippen MR) is 199 cm³/mol. The number of hydrogen-bond donors (Lipinski definition) is 0. The Morgan fingerprint density at radius 2 is 1.21 bits per heavy atom. The Bertz CT molecular complexity index is 995. The van der Waals surface area contributed by atoms with Gasteiger partial charge in [0.1, 0.15) is 19.3 Å². The number of esters is 1. The van der Waals surface area contributed by atoms with Gasteiger partial charge in [0.2, 0.25) is 0 Å². The summed E-state index contributed by atoms with van der Waals surface area (Å²) in [5.74, 6) is -0.468. The quantitative estimate of drug-likeness (QED) is 0.0228. The first-order valence-corrected chi connectivity index (χ1v) is 19.6. The number of nitrogens with zero attached hydrogens (tertiary/aromatic N) is 1. The minimum absolute atomic E-state index is 0.00482. The van der Waals surface area contributed by atoms with Crippen molar-refractivity contribution in [1.29, 1.82) is 0 Å². The van der Waals surface area contributed by atoms with Gasteiger partial charge in [0.25, 0.3) is 7.82 Å². The van der Waals surface area contributed by atoms with Crippen molar-refractivity contribution in [3.63, 3.8) is 0 Å². The summed E-state index contributed by atoms with van der Waals surface area (Å²) >= 11 is 0. The first-order chi connectivity index (χ1) is 23.1. The average molecular weight is 694 g/mol. The molecule has 0 saturated heterocycles. The SMILES string of the molecule is CC/C=C\C/C=C\C/C=C\C/C=C\C/C=C\CC(=O)OC(COCCCCCCCC/C=C\CCC)COP(=O)([O-])OCC[N+](C)(C)C. The van der Waals surface area contributed by atoms with Crippen molar-refractivity contribution >= 4 is 13.8 Å². The Balaban J connectivity index is 4.52. The minimum Gasteiger partial charge on any atom is -0.756 e. The molecule has 9 heteroatoms. The number of unbranched alkanes of at least 4 members (excludes halogenated alkanes) is 7. The molecule has 0 aliphatic heterocycles. The summed E-state index contributed by atoms with van der Waals surface area (Å²) in [5, 5.41) is 0. The fourth-order valence-electron chi connectivity index (χ4n) is 4.21. The Kier molecular flexibility index (Phi) is 30.8.